The van der Waals surface area contributed by atoms with Crippen molar-refractivity contribution in [2.45, 2.75) is 115 Å². The van der Waals surface area contributed by atoms with Crippen LogP contribution in [0.4, 0.5) is 0 Å². The highest BCUT2D eigenvalue weighted by Crippen LogP contribution is 2.58. The van der Waals surface area contributed by atoms with E-state index in [1.807, 2.05) is 0 Å². The van der Waals surface area contributed by atoms with Crippen LogP contribution in [-0.2, 0) is 26.9 Å². The molecule has 6 rings (SSSR count). The lowest BCUT2D eigenvalue weighted by molar-refractivity contribution is -0.135. The number of carbonyl (C=O) groups is 2. The Morgan fingerprint density at radius 2 is 1.85 bits per heavy atom. The van der Waals surface area contributed by atoms with E-state index in [2.05, 4.69) is 55.8 Å². The minimum atomic E-state index is -0.516. The van der Waals surface area contributed by atoms with Crippen molar-refractivity contribution in [1.29, 1.82) is 0 Å². The summed E-state index contributed by atoms with van der Waals surface area (Å²) in [6, 6.07) is 6.80. The van der Waals surface area contributed by atoms with Gasteiger partial charge in [-0.25, -0.2) is 0 Å². The number of ether oxygens (including phenoxy) is 2. The molecule has 3 saturated carbocycles. The fourth-order valence-electron chi connectivity index (χ4n) is 6.93. The molecule has 1 spiro atoms. The van der Waals surface area contributed by atoms with E-state index in [9.17, 15) is 9.59 Å². The van der Waals surface area contributed by atoms with Crippen molar-refractivity contribution in [3.8, 4) is 17.0 Å². The number of nitrogens with zero attached hydrogens (tertiary/aromatic N) is 1. The SMILES string of the molecule is Cc1c(C(=O)NCC2(OC=O)CC2)cc(-c2cc(C(C)(C)C)c3c(c2)C2(CCO3)CC2)n1CC1CCCCC1. The molecule has 6 heteroatoms. The molecule has 6 nitrogen and oxygen atoms in total. The Morgan fingerprint density at radius 1 is 1.10 bits per heavy atom. The first-order chi connectivity index (χ1) is 18.6. The van der Waals surface area contributed by atoms with Gasteiger partial charge in [-0.3, -0.25) is 9.59 Å². The summed E-state index contributed by atoms with van der Waals surface area (Å²) in [6.07, 6.45) is 11.6. The van der Waals surface area contributed by atoms with Gasteiger partial charge in [0.15, 0.2) is 0 Å². The fourth-order valence-corrected chi connectivity index (χ4v) is 6.93. The van der Waals surface area contributed by atoms with Gasteiger partial charge in [-0.1, -0.05) is 40.0 Å². The van der Waals surface area contributed by atoms with Crippen molar-refractivity contribution in [1.82, 2.24) is 9.88 Å². The number of nitrogens with one attached hydrogen (secondary N) is 1. The number of fused-ring (bicyclic) bond motifs is 2. The second-order valence-electron chi connectivity index (χ2n) is 13.8. The van der Waals surface area contributed by atoms with Crippen LogP contribution in [0.25, 0.3) is 11.3 Å². The molecule has 1 aromatic carbocycles. The highest BCUT2D eigenvalue weighted by atomic mass is 16.5. The third kappa shape index (κ3) is 5.00. The summed E-state index contributed by atoms with van der Waals surface area (Å²) in [5.74, 6) is 1.64. The predicted molar refractivity (Wildman–Crippen MR) is 152 cm³/mol. The van der Waals surface area contributed by atoms with Crippen molar-refractivity contribution in [2.24, 2.45) is 5.92 Å². The third-order valence-electron chi connectivity index (χ3n) is 9.90. The summed E-state index contributed by atoms with van der Waals surface area (Å²) in [5, 5.41) is 3.08. The zero-order valence-electron chi connectivity index (χ0n) is 24.2. The summed E-state index contributed by atoms with van der Waals surface area (Å²) < 4.78 is 14.0. The summed E-state index contributed by atoms with van der Waals surface area (Å²) in [5.41, 5.74) is 6.37. The highest BCUT2D eigenvalue weighted by molar-refractivity contribution is 5.97. The van der Waals surface area contributed by atoms with E-state index in [-0.39, 0.29) is 16.7 Å². The van der Waals surface area contributed by atoms with Gasteiger partial charge in [0, 0.05) is 34.5 Å². The molecular weight excluding hydrogens is 488 g/mol. The first-order valence-electron chi connectivity index (χ1n) is 15.1. The van der Waals surface area contributed by atoms with Crippen LogP contribution in [-0.4, -0.2) is 35.7 Å². The van der Waals surface area contributed by atoms with E-state index in [0.29, 0.717) is 18.9 Å². The van der Waals surface area contributed by atoms with Crippen LogP contribution in [0.1, 0.15) is 112 Å². The maximum atomic E-state index is 13.5. The van der Waals surface area contributed by atoms with Crippen LogP contribution in [0.5, 0.6) is 5.75 Å². The molecule has 0 atom stereocenters. The molecule has 1 N–H and O–H groups in total. The van der Waals surface area contributed by atoms with Gasteiger partial charge < -0.3 is 19.4 Å². The number of hydrogen-bond donors (Lipinski definition) is 1. The molecule has 4 aliphatic rings. The van der Waals surface area contributed by atoms with Crippen molar-refractivity contribution < 1.29 is 19.1 Å². The van der Waals surface area contributed by atoms with E-state index in [4.69, 9.17) is 9.47 Å². The lowest BCUT2D eigenvalue weighted by Crippen LogP contribution is -2.35. The van der Waals surface area contributed by atoms with E-state index in [0.717, 1.165) is 55.1 Å². The largest absolute Gasteiger partial charge is 0.493 e. The molecular formula is C33H44N2O4. The second kappa shape index (κ2) is 9.71. The molecule has 1 amide bonds. The molecule has 0 unspecified atom stereocenters. The van der Waals surface area contributed by atoms with Crippen molar-refractivity contribution in [3.05, 3.63) is 40.6 Å². The van der Waals surface area contributed by atoms with Crippen LogP contribution in [0, 0.1) is 12.8 Å². The van der Waals surface area contributed by atoms with Gasteiger partial charge in [0.2, 0.25) is 0 Å². The molecule has 2 aromatic rings. The number of hydrogen-bond acceptors (Lipinski definition) is 4. The molecule has 0 bridgehead atoms. The monoisotopic (exact) mass is 532 g/mol. The molecule has 2 heterocycles. The minimum absolute atomic E-state index is 0.0548. The molecule has 0 saturated heterocycles. The number of carbonyl (C=O) groups excluding carboxylic acids is 2. The Balaban J connectivity index is 1.41. The summed E-state index contributed by atoms with van der Waals surface area (Å²) in [6.45, 7) is 11.5. The quantitative estimate of drug-likeness (QED) is 0.389. The predicted octanol–water partition coefficient (Wildman–Crippen LogP) is 6.59. The van der Waals surface area contributed by atoms with E-state index >= 15 is 0 Å². The molecule has 39 heavy (non-hydrogen) atoms. The number of rotatable bonds is 8. The average molecular weight is 533 g/mol. The third-order valence-corrected chi connectivity index (χ3v) is 9.90. The average Bonchev–Trinajstić information content (AvgIpc) is 3.83. The van der Waals surface area contributed by atoms with Crippen LogP contribution in [0.15, 0.2) is 18.2 Å². The molecule has 210 valence electrons. The topological polar surface area (TPSA) is 69.6 Å². The van der Waals surface area contributed by atoms with Gasteiger partial charge in [0.1, 0.15) is 11.4 Å². The van der Waals surface area contributed by atoms with Crippen molar-refractivity contribution in [3.63, 3.8) is 0 Å². The van der Waals surface area contributed by atoms with E-state index < -0.39 is 5.60 Å². The first kappa shape index (κ1) is 26.5. The Morgan fingerprint density at radius 3 is 2.49 bits per heavy atom. The molecule has 3 aliphatic carbocycles. The van der Waals surface area contributed by atoms with Crippen molar-refractivity contribution in [2.75, 3.05) is 13.2 Å². The van der Waals surface area contributed by atoms with Crippen LogP contribution in [0.2, 0.25) is 0 Å². The summed E-state index contributed by atoms with van der Waals surface area (Å²) in [7, 11) is 0. The molecule has 0 radical (unpaired) electrons. The van der Waals surface area contributed by atoms with Gasteiger partial charge in [-0.15, -0.1) is 0 Å². The van der Waals surface area contributed by atoms with Gasteiger partial charge in [0.05, 0.1) is 18.7 Å². The summed E-state index contributed by atoms with van der Waals surface area (Å²) >= 11 is 0. The maximum Gasteiger partial charge on any atom is 0.293 e. The Kier molecular flexibility index (Phi) is 6.59. The first-order valence-corrected chi connectivity index (χ1v) is 15.1. The normalized spacial score (nSPS) is 21.1. The van der Waals surface area contributed by atoms with Gasteiger partial charge >= 0.3 is 0 Å². The minimum Gasteiger partial charge on any atom is -0.493 e. The smallest absolute Gasteiger partial charge is 0.293 e. The van der Waals surface area contributed by atoms with Gasteiger partial charge in [-0.05, 0) is 87.0 Å². The Labute approximate surface area is 232 Å². The Bertz CT molecular complexity index is 1250. The van der Waals surface area contributed by atoms with Gasteiger partial charge in [0.25, 0.3) is 12.4 Å². The lowest BCUT2D eigenvalue weighted by atomic mass is 9.79. The number of aromatic nitrogens is 1. The fraction of sp³-hybridized carbons (Fsp3) is 0.636. The zero-order valence-corrected chi connectivity index (χ0v) is 24.2. The van der Waals surface area contributed by atoms with Crippen LogP contribution < -0.4 is 10.1 Å². The lowest BCUT2D eigenvalue weighted by Gasteiger charge is -2.33. The van der Waals surface area contributed by atoms with E-state index in [1.165, 1.54) is 61.6 Å². The van der Waals surface area contributed by atoms with Gasteiger partial charge in [-0.2, -0.15) is 0 Å². The highest BCUT2D eigenvalue weighted by Gasteiger charge is 2.49. The van der Waals surface area contributed by atoms with Crippen molar-refractivity contribution >= 4 is 12.4 Å². The molecule has 1 aliphatic heterocycles. The Hall–Kier alpha value is -2.76. The maximum absolute atomic E-state index is 13.5. The van der Waals surface area contributed by atoms with E-state index in [1.54, 1.807) is 0 Å². The van der Waals surface area contributed by atoms with Crippen LogP contribution in [0.3, 0.4) is 0 Å². The number of amides is 1. The zero-order chi connectivity index (χ0) is 27.4. The molecule has 1 aromatic heterocycles. The molecule has 3 fully saturated rings. The van der Waals surface area contributed by atoms with Crippen LogP contribution >= 0.6 is 0 Å². The second-order valence-corrected chi connectivity index (χ2v) is 13.8. The number of benzene rings is 1. The standard InChI is InChI=1S/C33H44N2O4/c1-22-25(30(37)34-20-33(12-13-33)39-21-36)18-28(35(22)19-23-8-6-5-7-9-23)24-16-26(31(2,3)4)29-27(17-24)32(10-11-32)14-15-38-29/h16-18,21,23H,5-15,19-20H2,1-4H3,(H,34,37). The summed E-state index contributed by atoms with van der Waals surface area (Å²) in [4.78, 5) is 24.4.